The SMILES string of the molecule is CCc1cccc(C)c1S(=O)(=O)O. The Hall–Kier alpha value is -0.870. The molecule has 0 saturated heterocycles. The molecule has 0 unspecified atom stereocenters. The Morgan fingerprint density at radius 2 is 2.00 bits per heavy atom. The molecule has 0 spiro atoms. The van der Waals surface area contributed by atoms with Crippen LogP contribution in [0.4, 0.5) is 0 Å². The van der Waals surface area contributed by atoms with Crippen molar-refractivity contribution in [3.05, 3.63) is 29.3 Å². The number of aryl methyl sites for hydroxylation is 2. The predicted octanol–water partition coefficient (Wildman–Crippen LogP) is 1.80. The zero-order valence-electron chi connectivity index (χ0n) is 7.61. The van der Waals surface area contributed by atoms with Crippen molar-refractivity contribution in [1.29, 1.82) is 0 Å². The van der Waals surface area contributed by atoms with Gasteiger partial charge < -0.3 is 0 Å². The third-order valence-electron chi connectivity index (χ3n) is 1.93. The molecule has 0 atom stereocenters. The first-order valence-electron chi connectivity index (χ1n) is 4.02. The van der Waals surface area contributed by atoms with Crippen LogP contribution in [0.25, 0.3) is 0 Å². The van der Waals surface area contributed by atoms with Crippen molar-refractivity contribution in [2.24, 2.45) is 0 Å². The average Bonchev–Trinajstić information content (AvgIpc) is 2.01. The average molecular weight is 200 g/mol. The quantitative estimate of drug-likeness (QED) is 0.741. The third-order valence-corrected chi connectivity index (χ3v) is 3.03. The van der Waals surface area contributed by atoms with Gasteiger partial charge in [-0.05, 0) is 24.5 Å². The van der Waals surface area contributed by atoms with Crippen molar-refractivity contribution in [3.8, 4) is 0 Å². The molecule has 0 fully saturated rings. The number of rotatable bonds is 2. The van der Waals surface area contributed by atoms with Crippen LogP contribution in [0, 0.1) is 6.92 Å². The van der Waals surface area contributed by atoms with Crippen LogP contribution in [-0.2, 0) is 16.5 Å². The zero-order valence-corrected chi connectivity index (χ0v) is 8.43. The summed E-state index contributed by atoms with van der Waals surface area (Å²) in [7, 11) is -4.08. The first-order valence-corrected chi connectivity index (χ1v) is 5.46. The monoisotopic (exact) mass is 200 g/mol. The van der Waals surface area contributed by atoms with E-state index in [1.165, 1.54) is 0 Å². The highest BCUT2D eigenvalue weighted by molar-refractivity contribution is 7.86. The molecule has 13 heavy (non-hydrogen) atoms. The summed E-state index contributed by atoms with van der Waals surface area (Å²) in [6.07, 6.45) is 0.594. The van der Waals surface area contributed by atoms with Gasteiger partial charge in [-0.3, -0.25) is 4.55 Å². The van der Waals surface area contributed by atoms with Gasteiger partial charge in [-0.1, -0.05) is 25.1 Å². The van der Waals surface area contributed by atoms with Gasteiger partial charge in [0.1, 0.15) is 0 Å². The lowest BCUT2D eigenvalue weighted by atomic mass is 10.1. The first kappa shape index (κ1) is 10.2. The molecule has 0 radical (unpaired) electrons. The highest BCUT2D eigenvalue weighted by Gasteiger charge is 2.16. The van der Waals surface area contributed by atoms with Crippen molar-refractivity contribution in [2.75, 3.05) is 0 Å². The van der Waals surface area contributed by atoms with Crippen LogP contribution in [0.5, 0.6) is 0 Å². The van der Waals surface area contributed by atoms with Gasteiger partial charge >= 0.3 is 0 Å². The van der Waals surface area contributed by atoms with Gasteiger partial charge in [0.05, 0.1) is 4.90 Å². The molecular formula is C9H12O3S. The van der Waals surface area contributed by atoms with Crippen LogP contribution in [-0.4, -0.2) is 13.0 Å². The summed E-state index contributed by atoms with van der Waals surface area (Å²) in [5, 5.41) is 0. The molecule has 0 aliphatic heterocycles. The fraction of sp³-hybridized carbons (Fsp3) is 0.333. The molecule has 3 nitrogen and oxygen atoms in total. The summed E-state index contributed by atoms with van der Waals surface area (Å²) >= 11 is 0. The molecule has 0 saturated carbocycles. The summed E-state index contributed by atoms with van der Waals surface area (Å²) in [5.41, 5.74) is 1.24. The van der Waals surface area contributed by atoms with Gasteiger partial charge in [0.2, 0.25) is 0 Å². The molecule has 0 aliphatic rings. The van der Waals surface area contributed by atoms with E-state index in [1.807, 2.05) is 6.92 Å². The second-order valence-electron chi connectivity index (χ2n) is 2.89. The van der Waals surface area contributed by atoms with E-state index >= 15 is 0 Å². The number of hydrogen-bond donors (Lipinski definition) is 1. The van der Waals surface area contributed by atoms with Crippen LogP contribution in [0.1, 0.15) is 18.1 Å². The second kappa shape index (κ2) is 3.47. The molecule has 72 valence electrons. The van der Waals surface area contributed by atoms with E-state index in [0.717, 1.165) is 0 Å². The Balaban J connectivity index is 3.50. The molecule has 0 aliphatic carbocycles. The van der Waals surface area contributed by atoms with E-state index in [9.17, 15) is 8.42 Å². The van der Waals surface area contributed by atoms with Crippen molar-refractivity contribution < 1.29 is 13.0 Å². The van der Waals surface area contributed by atoms with Crippen LogP contribution in [0.15, 0.2) is 23.1 Å². The van der Waals surface area contributed by atoms with Crippen molar-refractivity contribution in [2.45, 2.75) is 25.2 Å². The molecule has 1 aromatic carbocycles. The molecule has 4 heteroatoms. The maximum absolute atomic E-state index is 11.0. The standard InChI is InChI=1S/C9H12O3S/c1-3-8-6-4-5-7(2)9(8)13(10,11)12/h4-6H,3H2,1-2H3,(H,10,11,12). The molecular weight excluding hydrogens is 188 g/mol. The van der Waals surface area contributed by atoms with E-state index in [2.05, 4.69) is 0 Å². The maximum Gasteiger partial charge on any atom is 0.295 e. The number of hydrogen-bond acceptors (Lipinski definition) is 2. The largest absolute Gasteiger partial charge is 0.295 e. The zero-order chi connectivity index (χ0) is 10.1. The minimum absolute atomic E-state index is 0.0532. The highest BCUT2D eigenvalue weighted by Crippen LogP contribution is 2.20. The third kappa shape index (κ3) is 2.08. The summed E-state index contributed by atoms with van der Waals surface area (Å²) in [4.78, 5) is 0.0532. The first-order chi connectivity index (χ1) is 5.96. The van der Waals surface area contributed by atoms with Crippen molar-refractivity contribution >= 4 is 10.1 Å². The lowest BCUT2D eigenvalue weighted by Gasteiger charge is -2.07. The minimum atomic E-state index is -4.08. The summed E-state index contributed by atoms with van der Waals surface area (Å²) in [6, 6.07) is 5.15. The smallest absolute Gasteiger partial charge is 0.282 e. The fourth-order valence-corrected chi connectivity index (χ4v) is 2.38. The Labute approximate surface area is 78.2 Å². The predicted molar refractivity (Wildman–Crippen MR) is 50.4 cm³/mol. The van der Waals surface area contributed by atoms with Crippen LogP contribution >= 0.6 is 0 Å². The normalized spacial score (nSPS) is 11.6. The lowest BCUT2D eigenvalue weighted by molar-refractivity contribution is 0.481. The molecule has 0 heterocycles. The summed E-state index contributed by atoms with van der Waals surface area (Å²) in [5.74, 6) is 0. The summed E-state index contributed by atoms with van der Waals surface area (Å²) in [6.45, 7) is 3.52. The molecule has 1 aromatic rings. The minimum Gasteiger partial charge on any atom is -0.282 e. The molecule has 0 amide bonds. The van der Waals surface area contributed by atoms with Gasteiger partial charge in [-0.2, -0.15) is 8.42 Å². The van der Waals surface area contributed by atoms with Gasteiger partial charge in [0.25, 0.3) is 10.1 Å². The van der Waals surface area contributed by atoms with Crippen LogP contribution in [0.2, 0.25) is 0 Å². The van der Waals surface area contributed by atoms with E-state index in [-0.39, 0.29) is 4.90 Å². The maximum atomic E-state index is 11.0. The molecule has 0 aromatic heterocycles. The number of benzene rings is 1. The van der Waals surface area contributed by atoms with Crippen LogP contribution < -0.4 is 0 Å². The van der Waals surface area contributed by atoms with Crippen molar-refractivity contribution in [1.82, 2.24) is 0 Å². The second-order valence-corrected chi connectivity index (χ2v) is 4.25. The van der Waals surface area contributed by atoms with Gasteiger partial charge in [0, 0.05) is 0 Å². The van der Waals surface area contributed by atoms with Gasteiger partial charge in [-0.25, -0.2) is 0 Å². The van der Waals surface area contributed by atoms with E-state index in [1.54, 1.807) is 25.1 Å². The lowest BCUT2D eigenvalue weighted by Crippen LogP contribution is -2.04. The fourth-order valence-electron chi connectivity index (χ4n) is 1.36. The van der Waals surface area contributed by atoms with E-state index in [4.69, 9.17) is 4.55 Å². The summed E-state index contributed by atoms with van der Waals surface area (Å²) < 4.78 is 30.9. The van der Waals surface area contributed by atoms with Gasteiger partial charge in [-0.15, -0.1) is 0 Å². The van der Waals surface area contributed by atoms with Gasteiger partial charge in [0.15, 0.2) is 0 Å². The van der Waals surface area contributed by atoms with E-state index in [0.29, 0.717) is 17.5 Å². The Morgan fingerprint density at radius 1 is 1.38 bits per heavy atom. The van der Waals surface area contributed by atoms with Crippen molar-refractivity contribution in [3.63, 3.8) is 0 Å². The Bertz CT molecular complexity index is 407. The Kier molecular flexibility index (Phi) is 2.73. The van der Waals surface area contributed by atoms with Crippen LogP contribution in [0.3, 0.4) is 0 Å². The molecule has 0 bridgehead atoms. The highest BCUT2D eigenvalue weighted by atomic mass is 32.2. The topological polar surface area (TPSA) is 54.4 Å². The Morgan fingerprint density at radius 3 is 2.38 bits per heavy atom. The molecule has 1 N–H and O–H groups in total. The van der Waals surface area contributed by atoms with E-state index < -0.39 is 10.1 Å². The molecule has 1 rings (SSSR count).